The zero-order valence-electron chi connectivity index (χ0n) is 32.1. The number of nitrogens with zero attached hydrogens (tertiary/aromatic N) is 4. The first kappa shape index (κ1) is 41.0. The molecule has 308 valence electrons. The van der Waals surface area contributed by atoms with Crippen LogP contribution >= 0.6 is 0 Å². The number of carbonyl (C=O) groups excluding carboxylic acids is 1. The van der Waals surface area contributed by atoms with Crippen molar-refractivity contribution in [3.63, 3.8) is 0 Å². The maximum Gasteiger partial charge on any atom is 0.422 e. The third-order valence-corrected chi connectivity index (χ3v) is 11.2. The Morgan fingerprint density at radius 1 is 0.724 bits per heavy atom. The van der Waals surface area contributed by atoms with Crippen LogP contribution in [0.15, 0.2) is 87.9 Å². The second-order valence-corrected chi connectivity index (χ2v) is 15.5. The molecular formula is C42H42F6N4O6. The Balaban J connectivity index is 0.000000188. The minimum atomic E-state index is -4.92. The van der Waals surface area contributed by atoms with E-state index in [-0.39, 0.29) is 42.9 Å². The van der Waals surface area contributed by atoms with Crippen LogP contribution in [0.1, 0.15) is 96.2 Å². The Morgan fingerprint density at radius 2 is 1.19 bits per heavy atom. The monoisotopic (exact) mass is 812 g/mol. The fourth-order valence-corrected chi connectivity index (χ4v) is 8.07. The minimum Gasteiger partial charge on any atom is -0.448 e. The van der Waals surface area contributed by atoms with Crippen molar-refractivity contribution in [3.05, 3.63) is 130 Å². The number of hydrogen-bond acceptors (Lipinski definition) is 9. The zero-order chi connectivity index (χ0) is 41.8. The van der Waals surface area contributed by atoms with Gasteiger partial charge in [-0.25, -0.2) is 4.79 Å². The van der Waals surface area contributed by atoms with Crippen molar-refractivity contribution in [2.24, 2.45) is 0 Å². The van der Waals surface area contributed by atoms with Crippen molar-refractivity contribution in [1.82, 2.24) is 20.1 Å². The van der Waals surface area contributed by atoms with Gasteiger partial charge in [0.15, 0.2) is 11.5 Å². The second-order valence-electron chi connectivity index (χ2n) is 15.5. The molecule has 3 aliphatic rings. The molecule has 4 heterocycles. The number of benzene rings is 3. The number of halogens is 6. The molecule has 8 rings (SSSR count). The van der Waals surface area contributed by atoms with E-state index in [4.69, 9.17) is 13.8 Å². The number of amides is 1. The van der Waals surface area contributed by atoms with E-state index in [1.165, 1.54) is 4.90 Å². The molecule has 2 aromatic heterocycles. The van der Waals surface area contributed by atoms with Gasteiger partial charge in [-0.3, -0.25) is 9.80 Å². The molecule has 0 saturated heterocycles. The fourth-order valence-electron chi connectivity index (χ4n) is 8.07. The third-order valence-electron chi connectivity index (χ3n) is 11.2. The van der Waals surface area contributed by atoms with Gasteiger partial charge in [-0.2, -0.15) is 26.3 Å². The highest BCUT2D eigenvalue weighted by molar-refractivity contribution is 5.79. The van der Waals surface area contributed by atoms with Crippen LogP contribution in [0, 0.1) is 0 Å². The number of hydrogen-bond donors (Lipinski definition) is 2. The average molecular weight is 813 g/mol. The quantitative estimate of drug-likeness (QED) is 0.162. The first-order valence-electron chi connectivity index (χ1n) is 18.7. The van der Waals surface area contributed by atoms with Crippen molar-refractivity contribution < 1.29 is 55.1 Å². The van der Waals surface area contributed by atoms with Gasteiger partial charge >= 0.3 is 18.4 Å². The summed E-state index contributed by atoms with van der Waals surface area (Å²) in [7, 11) is 0. The van der Waals surface area contributed by atoms with Gasteiger partial charge < -0.3 is 24.0 Å². The van der Waals surface area contributed by atoms with Crippen LogP contribution in [0.3, 0.4) is 0 Å². The van der Waals surface area contributed by atoms with Gasteiger partial charge in [0.1, 0.15) is 18.0 Å². The Bertz CT molecular complexity index is 2220. The summed E-state index contributed by atoms with van der Waals surface area (Å²) in [6, 6.07) is 25.8. The lowest BCUT2D eigenvalue weighted by Crippen LogP contribution is -2.42. The van der Waals surface area contributed by atoms with Gasteiger partial charge in [-0.1, -0.05) is 103 Å². The summed E-state index contributed by atoms with van der Waals surface area (Å²) in [5.41, 5.74) is -1.07. The van der Waals surface area contributed by atoms with Crippen LogP contribution in [0.5, 0.6) is 0 Å². The highest BCUT2D eigenvalue weighted by atomic mass is 19.4. The summed E-state index contributed by atoms with van der Waals surface area (Å²) in [5.74, 6) is -0.337. The number of aliphatic hydroxyl groups is 2. The van der Waals surface area contributed by atoms with E-state index in [1.807, 2.05) is 85.8 Å². The molecule has 16 heteroatoms. The van der Waals surface area contributed by atoms with E-state index in [0.717, 1.165) is 27.8 Å². The standard InChI is InChI=1S/C25H23F3N2O4.C17H19F3N2O2/c1-14-11-30(12-20-21(14)22(29-34-20)24(2,32)25(26,27)28)23(31)33-13-19-17-9-5-3-7-15(17)16-8-4-6-10-18(16)19;1-11-8-22(9-12-6-4-3-5-7-12)10-13-14(11)15(21-24-13)16(2,23)17(18,19)20/h3-10,14,19,32H,11-13H2,1-2H3;3-7,11,23H,8-10H2,1-2H3/t14-,24+;11-,16+/m00/s1. The maximum absolute atomic E-state index is 13.3. The van der Waals surface area contributed by atoms with Crippen LogP contribution in [-0.4, -0.2) is 68.5 Å². The third kappa shape index (κ3) is 7.48. The number of rotatable bonds is 6. The Kier molecular flexibility index (Phi) is 10.7. The second kappa shape index (κ2) is 15.2. The van der Waals surface area contributed by atoms with E-state index in [2.05, 4.69) is 15.2 Å². The maximum atomic E-state index is 13.3. The van der Waals surface area contributed by atoms with Crippen molar-refractivity contribution in [3.8, 4) is 11.1 Å². The highest BCUT2D eigenvalue weighted by Crippen LogP contribution is 2.47. The number of aromatic nitrogens is 2. The summed E-state index contributed by atoms with van der Waals surface area (Å²) in [4.78, 5) is 16.4. The van der Waals surface area contributed by atoms with E-state index in [1.54, 1.807) is 6.92 Å². The zero-order valence-corrected chi connectivity index (χ0v) is 32.1. The van der Waals surface area contributed by atoms with Crippen molar-refractivity contribution in [2.45, 2.75) is 88.6 Å². The van der Waals surface area contributed by atoms with Gasteiger partial charge in [-0.15, -0.1) is 0 Å². The molecule has 0 saturated carbocycles. The lowest BCUT2D eigenvalue weighted by molar-refractivity contribution is -0.261. The topological polar surface area (TPSA) is 125 Å². The molecular weight excluding hydrogens is 770 g/mol. The summed E-state index contributed by atoms with van der Waals surface area (Å²) in [6.07, 6.45) is -10.3. The summed E-state index contributed by atoms with van der Waals surface area (Å²) >= 11 is 0. The lowest BCUT2D eigenvalue weighted by atomic mass is 9.87. The van der Waals surface area contributed by atoms with E-state index in [0.29, 0.717) is 44.8 Å². The summed E-state index contributed by atoms with van der Waals surface area (Å²) in [6.45, 7) is 6.63. The normalized spacial score (nSPS) is 20.1. The average Bonchev–Trinajstić information content (AvgIpc) is 3.89. The van der Waals surface area contributed by atoms with Gasteiger partial charge in [0.05, 0.1) is 13.1 Å². The predicted octanol–water partition coefficient (Wildman–Crippen LogP) is 8.88. The van der Waals surface area contributed by atoms with Crippen LogP contribution < -0.4 is 0 Å². The summed E-state index contributed by atoms with van der Waals surface area (Å²) in [5, 5.41) is 27.1. The number of ether oxygens (including phenoxy) is 1. The molecule has 10 nitrogen and oxygen atoms in total. The molecule has 0 bridgehead atoms. The number of alkyl halides is 6. The molecule has 0 unspecified atom stereocenters. The van der Waals surface area contributed by atoms with Gasteiger partial charge in [0.25, 0.3) is 0 Å². The molecule has 0 spiro atoms. The lowest BCUT2D eigenvalue weighted by Gasteiger charge is -2.32. The number of fused-ring (bicyclic) bond motifs is 5. The number of carbonyl (C=O) groups is 1. The molecule has 2 N–H and O–H groups in total. The molecule has 2 aliphatic heterocycles. The van der Waals surface area contributed by atoms with E-state index >= 15 is 0 Å². The molecule has 0 fully saturated rings. The van der Waals surface area contributed by atoms with Crippen molar-refractivity contribution in [2.75, 3.05) is 19.7 Å². The molecule has 5 aromatic rings. The Morgan fingerprint density at radius 3 is 1.71 bits per heavy atom. The minimum absolute atomic E-state index is 0.0860. The van der Waals surface area contributed by atoms with E-state index < -0.39 is 47.0 Å². The molecule has 1 aliphatic carbocycles. The van der Waals surface area contributed by atoms with Crippen molar-refractivity contribution >= 4 is 6.09 Å². The first-order chi connectivity index (χ1) is 27.3. The molecule has 58 heavy (non-hydrogen) atoms. The van der Waals surface area contributed by atoms with Crippen LogP contribution in [-0.2, 0) is 35.6 Å². The predicted molar refractivity (Wildman–Crippen MR) is 197 cm³/mol. The van der Waals surface area contributed by atoms with Gasteiger partial charge in [0.2, 0.25) is 11.2 Å². The molecule has 1 amide bonds. The van der Waals surface area contributed by atoms with Crippen LogP contribution in [0.4, 0.5) is 31.1 Å². The highest BCUT2D eigenvalue weighted by Gasteiger charge is 2.56. The summed E-state index contributed by atoms with van der Waals surface area (Å²) < 4.78 is 95.3. The first-order valence-corrected chi connectivity index (χ1v) is 18.7. The SMILES string of the molecule is C[C@H]1CN(C(=O)OCC2c3ccccc3-c3ccccc32)Cc2onc([C@@](C)(O)C(F)(F)F)c21.C[C@H]1CN(Cc2ccccc2)Cc2onc([C@@](C)(O)C(F)(F)F)c21. The van der Waals surface area contributed by atoms with Crippen LogP contribution in [0.25, 0.3) is 11.1 Å². The largest absolute Gasteiger partial charge is 0.448 e. The molecule has 0 radical (unpaired) electrons. The smallest absolute Gasteiger partial charge is 0.422 e. The van der Waals surface area contributed by atoms with Crippen molar-refractivity contribution in [1.29, 1.82) is 0 Å². The molecule has 4 atom stereocenters. The van der Waals surface area contributed by atoms with Gasteiger partial charge in [0, 0.05) is 42.6 Å². The van der Waals surface area contributed by atoms with Crippen LogP contribution in [0.2, 0.25) is 0 Å². The Hall–Kier alpha value is -5.19. The van der Waals surface area contributed by atoms with E-state index in [9.17, 15) is 41.4 Å². The van der Waals surface area contributed by atoms with Gasteiger partial charge in [-0.05, 0) is 47.6 Å². The fraction of sp³-hybridized carbons (Fsp3) is 0.405. The Labute approximate surface area is 330 Å². The molecule has 3 aromatic carbocycles.